The molecule has 0 spiro atoms. The Kier molecular flexibility index (Phi) is 5.40. The van der Waals surface area contributed by atoms with Crippen LogP contribution in [0.2, 0.25) is 0 Å². The Morgan fingerprint density at radius 1 is 0.952 bits per heavy atom. The van der Waals surface area contributed by atoms with Gasteiger partial charge in [0, 0.05) is 23.2 Å². The van der Waals surface area contributed by atoms with Crippen molar-refractivity contribution in [1.82, 2.24) is 0 Å². The molecule has 2 rings (SSSR count). The Bertz CT molecular complexity index is 629. The van der Waals surface area contributed by atoms with Crippen molar-refractivity contribution in [3.8, 4) is 0 Å². The fourth-order valence-corrected chi connectivity index (χ4v) is 2.49. The normalized spacial score (nSPS) is 9.95. The Balaban J connectivity index is 1.88. The van der Waals surface area contributed by atoms with Crippen LogP contribution in [-0.4, -0.2) is 17.6 Å². The second-order valence-electron chi connectivity index (χ2n) is 4.41. The third kappa shape index (κ3) is 5.31. The lowest BCUT2D eigenvalue weighted by molar-refractivity contribution is -0.114. The quantitative estimate of drug-likeness (QED) is 0.832. The van der Waals surface area contributed by atoms with Crippen molar-refractivity contribution in [3.05, 3.63) is 54.6 Å². The number of hydrogen-bond acceptors (Lipinski definition) is 3. The van der Waals surface area contributed by atoms with Gasteiger partial charge in [-0.3, -0.25) is 9.59 Å². The van der Waals surface area contributed by atoms with Crippen molar-refractivity contribution in [2.75, 3.05) is 16.4 Å². The predicted molar refractivity (Wildman–Crippen MR) is 86.5 cm³/mol. The molecule has 2 amide bonds. The molecule has 0 unspecified atom stereocenters. The van der Waals surface area contributed by atoms with Crippen molar-refractivity contribution in [2.45, 2.75) is 11.8 Å². The topological polar surface area (TPSA) is 58.2 Å². The van der Waals surface area contributed by atoms with Gasteiger partial charge in [-0.1, -0.05) is 24.3 Å². The van der Waals surface area contributed by atoms with Gasteiger partial charge in [0.15, 0.2) is 0 Å². The molecule has 0 aliphatic carbocycles. The second-order valence-corrected chi connectivity index (χ2v) is 5.46. The highest BCUT2D eigenvalue weighted by atomic mass is 32.2. The summed E-state index contributed by atoms with van der Waals surface area (Å²) in [5.41, 5.74) is 1.52. The Hall–Kier alpha value is -2.27. The summed E-state index contributed by atoms with van der Waals surface area (Å²) in [7, 11) is 0. The highest BCUT2D eigenvalue weighted by Gasteiger charge is 2.04. The lowest BCUT2D eigenvalue weighted by atomic mass is 10.3. The largest absolute Gasteiger partial charge is 0.326 e. The van der Waals surface area contributed by atoms with Crippen LogP contribution in [0.25, 0.3) is 0 Å². The third-order valence-corrected chi connectivity index (χ3v) is 3.58. The van der Waals surface area contributed by atoms with Gasteiger partial charge < -0.3 is 10.6 Å². The van der Waals surface area contributed by atoms with Crippen LogP contribution >= 0.6 is 11.8 Å². The van der Waals surface area contributed by atoms with Gasteiger partial charge in [0.1, 0.15) is 0 Å². The molecular formula is C16H16N2O2S. The highest BCUT2D eigenvalue weighted by Crippen LogP contribution is 2.21. The van der Waals surface area contributed by atoms with Gasteiger partial charge in [0.05, 0.1) is 5.75 Å². The molecule has 0 saturated carbocycles. The van der Waals surface area contributed by atoms with Gasteiger partial charge in [-0.15, -0.1) is 11.8 Å². The number of thioether (sulfide) groups is 1. The summed E-state index contributed by atoms with van der Waals surface area (Å²) < 4.78 is 0. The number of benzene rings is 2. The molecule has 108 valence electrons. The van der Waals surface area contributed by atoms with Crippen LogP contribution in [0.4, 0.5) is 11.4 Å². The number of anilines is 2. The first-order chi connectivity index (χ1) is 10.1. The van der Waals surface area contributed by atoms with Crippen LogP contribution in [0, 0.1) is 0 Å². The number of amides is 2. The van der Waals surface area contributed by atoms with E-state index in [1.165, 1.54) is 18.7 Å². The molecule has 0 bridgehead atoms. The van der Waals surface area contributed by atoms with E-state index in [2.05, 4.69) is 10.6 Å². The molecule has 0 aromatic heterocycles. The maximum Gasteiger partial charge on any atom is 0.234 e. The van der Waals surface area contributed by atoms with E-state index in [0.29, 0.717) is 5.75 Å². The summed E-state index contributed by atoms with van der Waals surface area (Å²) in [6.07, 6.45) is 0. The van der Waals surface area contributed by atoms with Crippen molar-refractivity contribution in [1.29, 1.82) is 0 Å². The van der Waals surface area contributed by atoms with E-state index in [-0.39, 0.29) is 11.8 Å². The molecule has 2 aromatic carbocycles. The van der Waals surface area contributed by atoms with E-state index in [1.807, 2.05) is 54.6 Å². The maximum absolute atomic E-state index is 11.8. The van der Waals surface area contributed by atoms with E-state index in [0.717, 1.165) is 16.3 Å². The number of carbonyl (C=O) groups is 2. The van der Waals surface area contributed by atoms with Gasteiger partial charge in [-0.2, -0.15) is 0 Å². The number of hydrogen-bond donors (Lipinski definition) is 2. The first-order valence-electron chi connectivity index (χ1n) is 6.49. The first kappa shape index (κ1) is 15.1. The van der Waals surface area contributed by atoms with Gasteiger partial charge in [0.25, 0.3) is 0 Å². The van der Waals surface area contributed by atoms with Crippen LogP contribution in [0.15, 0.2) is 59.5 Å². The fourth-order valence-electron chi connectivity index (χ4n) is 1.73. The first-order valence-corrected chi connectivity index (χ1v) is 7.47. The summed E-state index contributed by atoms with van der Waals surface area (Å²) in [6.45, 7) is 1.47. The van der Waals surface area contributed by atoms with Crippen molar-refractivity contribution in [2.24, 2.45) is 0 Å². The summed E-state index contributed by atoms with van der Waals surface area (Å²) >= 11 is 1.43. The fraction of sp³-hybridized carbons (Fsp3) is 0.125. The van der Waals surface area contributed by atoms with E-state index < -0.39 is 0 Å². The summed E-state index contributed by atoms with van der Waals surface area (Å²) in [5.74, 6) is 0.147. The Morgan fingerprint density at radius 3 is 2.38 bits per heavy atom. The number of para-hydroxylation sites is 1. The van der Waals surface area contributed by atoms with E-state index in [4.69, 9.17) is 0 Å². The molecule has 5 heteroatoms. The second kappa shape index (κ2) is 7.50. The van der Waals surface area contributed by atoms with E-state index >= 15 is 0 Å². The zero-order valence-electron chi connectivity index (χ0n) is 11.6. The lowest BCUT2D eigenvalue weighted by Gasteiger charge is -2.06. The standard InChI is InChI=1S/C16H16N2O2S/c1-12(19)17-14-8-5-9-15(10-14)21-11-16(20)18-13-6-3-2-4-7-13/h2-10H,11H2,1H3,(H,17,19)(H,18,20). The average Bonchev–Trinajstić information content (AvgIpc) is 2.46. The summed E-state index contributed by atoms with van der Waals surface area (Å²) in [5, 5.41) is 5.55. The Morgan fingerprint density at radius 2 is 1.67 bits per heavy atom. The van der Waals surface area contributed by atoms with Crippen LogP contribution < -0.4 is 10.6 Å². The molecule has 0 radical (unpaired) electrons. The maximum atomic E-state index is 11.8. The van der Waals surface area contributed by atoms with Crippen molar-refractivity contribution >= 4 is 35.0 Å². The van der Waals surface area contributed by atoms with Gasteiger partial charge in [0.2, 0.25) is 11.8 Å². The van der Waals surface area contributed by atoms with Crippen molar-refractivity contribution in [3.63, 3.8) is 0 Å². The molecule has 0 aliphatic rings. The van der Waals surface area contributed by atoms with E-state index in [9.17, 15) is 9.59 Å². The number of rotatable bonds is 5. The SMILES string of the molecule is CC(=O)Nc1cccc(SCC(=O)Nc2ccccc2)c1. The predicted octanol–water partition coefficient (Wildman–Crippen LogP) is 3.38. The molecule has 0 saturated heterocycles. The zero-order chi connectivity index (χ0) is 15.1. The molecule has 0 heterocycles. The van der Waals surface area contributed by atoms with Crippen LogP contribution in [0.5, 0.6) is 0 Å². The molecular weight excluding hydrogens is 284 g/mol. The van der Waals surface area contributed by atoms with Crippen LogP contribution in [0.1, 0.15) is 6.92 Å². The van der Waals surface area contributed by atoms with Crippen LogP contribution in [0.3, 0.4) is 0 Å². The molecule has 2 N–H and O–H groups in total. The minimum Gasteiger partial charge on any atom is -0.326 e. The average molecular weight is 300 g/mol. The molecule has 0 atom stereocenters. The van der Waals surface area contributed by atoms with Crippen LogP contribution in [-0.2, 0) is 9.59 Å². The Labute approximate surface area is 127 Å². The monoisotopic (exact) mass is 300 g/mol. The van der Waals surface area contributed by atoms with E-state index in [1.54, 1.807) is 0 Å². The van der Waals surface area contributed by atoms with Gasteiger partial charge in [-0.05, 0) is 30.3 Å². The molecule has 4 nitrogen and oxygen atoms in total. The minimum absolute atomic E-state index is 0.0591. The van der Waals surface area contributed by atoms with Gasteiger partial charge >= 0.3 is 0 Å². The minimum atomic E-state index is -0.112. The highest BCUT2D eigenvalue weighted by molar-refractivity contribution is 8.00. The molecule has 21 heavy (non-hydrogen) atoms. The summed E-state index contributed by atoms with van der Waals surface area (Å²) in [6, 6.07) is 16.8. The number of carbonyl (C=O) groups excluding carboxylic acids is 2. The van der Waals surface area contributed by atoms with Crippen molar-refractivity contribution < 1.29 is 9.59 Å². The molecule has 2 aromatic rings. The van der Waals surface area contributed by atoms with Gasteiger partial charge in [-0.25, -0.2) is 0 Å². The summed E-state index contributed by atoms with van der Waals surface area (Å²) in [4.78, 5) is 23.8. The molecule has 0 fully saturated rings. The lowest BCUT2D eigenvalue weighted by Crippen LogP contribution is -2.13. The smallest absolute Gasteiger partial charge is 0.234 e. The zero-order valence-corrected chi connectivity index (χ0v) is 12.4. The molecule has 0 aliphatic heterocycles. The third-order valence-electron chi connectivity index (χ3n) is 2.58. The number of nitrogens with one attached hydrogen (secondary N) is 2.